The average molecular weight is 395 g/mol. The normalized spacial score (nSPS) is 18.4. The molecule has 2 aliphatic rings. The molecule has 0 radical (unpaired) electrons. The second kappa shape index (κ2) is 7.06. The zero-order valence-electron chi connectivity index (χ0n) is 15.7. The van der Waals surface area contributed by atoms with E-state index in [1.54, 1.807) is 22.4 Å². The van der Waals surface area contributed by atoms with Crippen LogP contribution < -0.4 is 9.80 Å². The minimum Gasteiger partial charge on any atom is -0.341 e. The Morgan fingerprint density at radius 3 is 2.54 bits per heavy atom. The predicted octanol–water partition coefficient (Wildman–Crippen LogP) is 2.03. The maximum Gasteiger partial charge on any atom is 0.242 e. The van der Waals surface area contributed by atoms with Crippen molar-refractivity contribution in [2.75, 3.05) is 49.6 Å². The Balaban J connectivity index is 1.41. The standard InChI is InChI=1S/C19H21N7OS/c1-24-6-7-26(17(27)12-24)16-8-15-14(11-20-16)23-18(28-15)13-9-21-19(22-10-13)25-4-2-3-5-25/h8-11H,2-7,12H2,1H3. The summed E-state index contributed by atoms with van der Waals surface area (Å²) in [5.41, 5.74) is 1.73. The molecule has 8 nitrogen and oxygen atoms in total. The fourth-order valence-corrected chi connectivity index (χ4v) is 4.58. The molecule has 2 aliphatic heterocycles. The Hall–Kier alpha value is -2.65. The number of carbonyl (C=O) groups excluding carboxylic acids is 1. The third-order valence-corrected chi connectivity index (χ3v) is 6.29. The van der Waals surface area contributed by atoms with E-state index < -0.39 is 0 Å². The Labute approximate surface area is 166 Å². The van der Waals surface area contributed by atoms with Crippen LogP contribution in [0.1, 0.15) is 12.8 Å². The van der Waals surface area contributed by atoms with Crippen molar-refractivity contribution < 1.29 is 4.79 Å². The summed E-state index contributed by atoms with van der Waals surface area (Å²) in [6, 6.07) is 1.96. The topological polar surface area (TPSA) is 78.3 Å². The number of anilines is 2. The molecule has 1 amide bonds. The van der Waals surface area contributed by atoms with E-state index in [0.29, 0.717) is 18.9 Å². The van der Waals surface area contributed by atoms with Crippen LogP contribution in [-0.2, 0) is 4.79 Å². The first-order chi connectivity index (χ1) is 13.7. The van der Waals surface area contributed by atoms with Gasteiger partial charge in [-0.05, 0) is 19.9 Å². The number of piperazine rings is 1. The zero-order valence-corrected chi connectivity index (χ0v) is 16.5. The molecule has 0 bridgehead atoms. The number of fused-ring (bicyclic) bond motifs is 1. The molecule has 2 fully saturated rings. The van der Waals surface area contributed by atoms with Gasteiger partial charge in [0.1, 0.15) is 16.3 Å². The van der Waals surface area contributed by atoms with E-state index in [1.165, 1.54) is 12.8 Å². The maximum atomic E-state index is 12.3. The van der Waals surface area contributed by atoms with Crippen LogP contribution in [0.25, 0.3) is 20.8 Å². The van der Waals surface area contributed by atoms with Crippen LogP contribution in [0.15, 0.2) is 24.7 Å². The number of nitrogens with zero attached hydrogens (tertiary/aromatic N) is 7. The largest absolute Gasteiger partial charge is 0.341 e. The number of aromatic nitrogens is 4. The summed E-state index contributed by atoms with van der Waals surface area (Å²) >= 11 is 1.58. The molecule has 5 rings (SSSR count). The van der Waals surface area contributed by atoms with Gasteiger partial charge in [0.15, 0.2) is 0 Å². The summed E-state index contributed by atoms with van der Waals surface area (Å²) < 4.78 is 1.01. The molecule has 2 saturated heterocycles. The van der Waals surface area contributed by atoms with Crippen LogP contribution in [0.2, 0.25) is 0 Å². The van der Waals surface area contributed by atoms with Crippen LogP contribution in [0.4, 0.5) is 11.8 Å². The van der Waals surface area contributed by atoms with E-state index in [9.17, 15) is 4.79 Å². The number of pyridine rings is 1. The lowest BCUT2D eigenvalue weighted by molar-refractivity contribution is -0.120. The highest BCUT2D eigenvalue weighted by Crippen LogP contribution is 2.31. The summed E-state index contributed by atoms with van der Waals surface area (Å²) in [6.45, 7) is 3.99. The van der Waals surface area contributed by atoms with Gasteiger partial charge in [-0.25, -0.2) is 19.9 Å². The number of likely N-dealkylation sites (N-methyl/N-ethyl adjacent to an activating group) is 1. The van der Waals surface area contributed by atoms with Crippen molar-refractivity contribution >= 4 is 39.2 Å². The summed E-state index contributed by atoms with van der Waals surface area (Å²) in [6.07, 6.45) is 7.84. The van der Waals surface area contributed by atoms with Gasteiger partial charge in [-0.2, -0.15) is 0 Å². The number of amides is 1. The monoisotopic (exact) mass is 395 g/mol. The Kier molecular flexibility index (Phi) is 4.40. The lowest BCUT2D eigenvalue weighted by Gasteiger charge is -2.31. The smallest absolute Gasteiger partial charge is 0.242 e. The minimum atomic E-state index is 0.0799. The molecule has 3 aromatic rings. The second-order valence-corrected chi connectivity index (χ2v) is 8.31. The molecule has 0 saturated carbocycles. The molecule has 9 heteroatoms. The number of carbonyl (C=O) groups is 1. The first-order valence-electron chi connectivity index (χ1n) is 9.50. The summed E-state index contributed by atoms with van der Waals surface area (Å²) in [4.78, 5) is 36.5. The Bertz CT molecular complexity index is 1010. The lowest BCUT2D eigenvalue weighted by atomic mass is 10.3. The fourth-order valence-electron chi connectivity index (χ4n) is 3.64. The first-order valence-corrected chi connectivity index (χ1v) is 10.3. The van der Waals surface area contributed by atoms with Gasteiger partial charge in [-0.3, -0.25) is 14.6 Å². The molecule has 0 aliphatic carbocycles. The molecule has 3 aromatic heterocycles. The van der Waals surface area contributed by atoms with Gasteiger partial charge in [0.05, 0.1) is 17.4 Å². The van der Waals surface area contributed by atoms with E-state index in [1.807, 2.05) is 30.4 Å². The van der Waals surface area contributed by atoms with E-state index in [2.05, 4.69) is 24.8 Å². The van der Waals surface area contributed by atoms with Crippen LogP contribution >= 0.6 is 11.3 Å². The number of rotatable bonds is 3. The summed E-state index contributed by atoms with van der Waals surface area (Å²) in [5.74, 6) is 1.57. The van der Waals surface area contributed by atoms with Gasteiger partial charge in [0.2, 0.25) is 11.9 Å². The molecule has 28 heavy (non-hydrogen) atoms. The van der Waals surface area contributed by atoms with E-state index >= 15 is 0 Å². The van der Waals surface area contributed by atoms with Gasteiger partial charge in [0, 0.05) is 50.2 Å². The van der Waals surface area contributed by atoms with Crippen LogP contribution in [0.5, 0.6) is 0 Å². The van der Waals surface area contributed by atoms with Crippen molar-refractivity contribution in [2.24, 2.45) is 0 Å². The van der Waals surface area contributed by atoms with Gasteiger partial charge in [0.25, 0.3) is 0 Å². The van der Waals surface area contributed by atoms with Crippen molar-refractivity contribution in [3.63, 3.8) is 0 Å². The maximum absolute atomic E-state index is 12.3. The number of hydrogen-bond donors (Lipinski definition) is 0. The lowest BCUT2D eigenvalue weighted by Crippen LogP contribution is -2.49. The molecule has 5 heterocycles. The number of thiazole rings is 1. The van der Waals surface area contributed by atoms with Crippen LogP contribution in [0.3, 0.4) is 0 Å². The molecule has 0 spiro atoms. The molecular weight excluding hydrogens is 374 g/mol. The van der Waals surface area contributed by atoms with Crippen LogP contribution in [0, 0.1) is 0 Å². The third-order valence-electron chi connectivity index (χ3n) is 5.22. The van der Waals surface area contributed by atoms with Crippen molar-refractivity contribution in [3.8, 4) is 10.6 Å². The molecular formula is C19H21N7OS. The summed E-state index contributed by atoms with van der Waals surface area (Å²) in [5, 5.41) is 0.867. The van der Waals surface area contributed by atoms with E-state index in [0.717, 1.165) is 46.4 Å². The van der Waals surface area contributed by atoms with E-state index in [-0.39, 0.29) is 5.91 Å². The van der Waals surface area contributed by atoms with Crippen molar-refractivity contribution in [1.29, 1.82) is 0 Å². The van der Waals surface area contributed by atoms with Gasteiger partial charge >= 0.3 is 0 Å². The van der Waals surface area contributed by atoms with Crippen LogP contribution in [-0.4, -0.2) is 70.5 Å². The predicted molar refractivity (Wildman–Crippen MR) is 110 cm³/mol. The molecule has 0 unspecified atom stereocenters. The molecule has 144 valence electrons. The summed E-state index contributed by atoms with van der Waals surface area (Å²) in [7, 11) is 1.96. The van der Waals surface area contributed by atoms with Gasteiger partial charge < -0.3 is 4.90 Å². The second-order valence-electron chi connectivity index (χ2n) is 7.28. The fraction of sp³-hybridized carbons (Fsp3) is 0.421. The minimum absolute atomic E-state index is 0.0799. The van der Waals surface area contributed by atoms with Gasteiger partial charge in [-0.15, -0.1) is 11.3 Å². The molecule has 0 N–H and O–H groups in total. The third kappa shape index (κ3) is 3.20. The SMILES string of the molecule is CN1CCN(c2cc3sc(-c4cnc(N5CCCC5)nc4)nc3cn2)C(=O)C1. The molecule has 0 aromatic carbocycles. The molecule has 0 atom stereocenters. The Morgan fingerprint density at radius 1 is 1.00 bits per heavy atom. The van der Waals surface area contributed by atoms with E-state index in [4.69, 9.17) is 0 Å². The highest BCUT2D eigenvalue weighted by molar-refractivity contribution is 7.21. The first kappa shape index (κ1) is 17.4. The number of hydrogen-bond acceptors (Lipinski definition) is 8. The highest BCUT2D eigenvalue weighted by atomic mass is 32.1. The van der Waals surface area contributed by atoms with Crippen molar-refractivity contribution in [3.05, 3.63) is 24.7 Å². The zero-order chi connectivity index (χ0) is 19.1. The van der Waals surface area contributed by atoms with Gasteiger partial charge in [-0.1, -0.05) is 0 Å². The highest BCUT2D eigenvalue weighted by Gasteiger charge is 2.24. The quantitative estimate of drug-likeness (QED) is 0.671. The van der Waals surface area contributed by atoms with Crippen molar-refractivity contribution in [1.82, 2.24) is 24.8 Å². The Morgan fingerprint density at radius 2 is 1.79 bits per heavy atom. The van der Waals surface area contributed by atoms with Crippen molar-refractivity contribution in [2.45, 2.75) is 12.8 Å². The average Bonchev–Trinajstić information content (AvgIpc) is 3.37.